The van der Waals surface area contributed by atoms with E-state index in [2.05, 4.69) is 0 Å². The predicted molar refractivity (Wildman–Crippen MR) is 18.7 cm³/mol. The predicted octanol–water partition coefficient (Wildman–Crippen LogP) is 1.66. The molecule has 0 aromatic carbocycles. The van der Waals surface area contributed by atoms with E-state index in [1.165, 1.54) is 0 Å². The van der Waals surface area contributed by atoms with Crippen molar-refractivity contribution in [2.75, 3.05) is 0 Å². The van der Waals surface area contributed by atoms with Crippen LogP contribution in [0.25, 0.3) is 0 Å². The van der Waals surface area contributed by atoms with Crippen LogP contribution in [0.3, 0.4) is 0 Å². The van der Waals surface area contributed by atoms with Gasteiger partial charge in [0.2, 0.25) is 6.43 Å². The molecule has 0 aliphatic heterocycles. The topological polar surface area (TPSA) is 0 Å². The van der Waals surface area contributed by atoms with Crippen LogP contribution in [-0.4, -0.2) is 6.43 Å². The van der Waals surface area contributed by atoms with Gasteiger partial charge in [0, 0.05) is 5.92 Å². The molecule has 0 spiro atoms. The van der Waals surface area contributed by atoms with Crippen LogP contribution in [0.1, 0.15) is 12.8 Å². The number of halogens is 2. The normalized spacial score (nSPS) is 22.5. The molecule has 1 fully saturated rings. The first-order chi connectivity index (χ1) is 2.80. The van der Waals surface area contributed by atoms with Crippen LogP contribution in [0, 0.1) is 5.92 Å². The molecule has 0 bridgehead atoms. The molecule has 0 heterocycles. The Morgan fingerprint density at radius 1 is 1.33 bits per heavy atom. The minimum absolute atomic E-state index is 0.231. The van der Waals surface area contributed by atoms with E-state index < -0.39 is 6.43 Å². The number of rotatable bonds is 1. The van der Waals surface area contributed by atoms with Crippen LogP contribution in [0.4, 0.5) is 8.78 Å². The molecular weight excluding hydrogens is 86.0 g/mol. The van der Waals surface area contributed by atoms with Gasteiger partial charge in [-0.1, -0.05) is 0 Å². The first-order valence-corrected chi connectivity index (χ1v) is 2.09. The second-order valence-corrected chi connectivity index (χ2v) is 1.67. The molecule has 1 rings (SSSR count). The Bertz CT molecular complexity index is 47.5. The van der Waals surface area contributed by atoms with Crippen LogP contribution in [0.5, 0.6) is 0 Å². The Kier molecular flexibility index (Phi) is 0.787. The van der Waals surface area contributed by atoms with Gasteiger partial charge in [-0.15, -0.1) is 0 Å². The van der Waals surface area contributed by atoms with Crippen molar-refractivity contribution in [2.24, 2.45) is 5.92 Å². The van der Waals surface area contributed by atoms with E-state index >= 15 is 0 Å². The molecule has 0 atom stereocenters. The fourth-order valence-electron chi connectivity index (χ4n) is 0.348. The van der Waals surface area contributed by atoms with Crippen LogP contribution < -0.4 is 0 Å². The molecule has 0 nitrogen and oxygen atoms in total. The van der Waals surface area contributed by atoms with Crippen molar-refractivity contribution in [3.05, 3.63) is 0 Å². The second-order valence-electron chi connectivity index (χ2n) is 1.67. The van der Waals surface area contributed by atoms with Crippen molar-refractivity contribution in [1.29, 1.82) is 0 Å². The smallest absolute Gasteiger partial charge is 0.210 e. The lowest BCUT2D eigenvalue weighted by atomic mass is 10.5. The molecule has 0 N–H and O–H groups in total. The largest absolute Gasteiger partial charge is 0.241 e. The Morgan fingerprint density at radius 3 is 1.83 bits per heavy atom. The third-order valence-electron chi connectivity index (χ3n) is 0.978. The summed E-state index contributed by atoms with van der Waals surface area (Å²) in [4.78, 5) is 0. The van der Waals surface area contributed by atoms with Crippen molar-refractivity contribution in [2.45, 2.75) is 19.3 Å². The van der Waals surface area contributed by atoms with Gasteiger partial charge in [0.1, 0.15) is 0 Å². The summed E-state index contributed by atoms with van der Waals surface area (Å²) in [7, 11) is 0. The summed E-state index contributed by atoms with van der Waals surface area (Å²) in [5, 5.41) is 0. The fraction of sp³-hybridized carbons (Fsp3) is 1.00. The highest BCUT2D eigenvalue weighted by Crippen LogP contribution is 2.34. The third-order valence-corrected chi connectivity index (χ3v) is 0.978. The summed E-state index contributed by atoms with van der Waals surface area (Å²) in [6, 6.07) is 0. The lowest BCUT2D eigenvalue weighted by Gasteiger charge is -1.85. The average molecular weight is 92.1 g/mol. The first-order valence-electron chi connectivity index (χ1n) is 2.09. The van der Waals surface area contributed by atoms with Gasteiger partial charge < -0.3 is 0 Å². The minimum atomic E-state index is -2.04. The number of hydrogen-bond acceptors (Lipinski definition) is 0. The molecule has 2 heteroatoms. The van der Waals surface area contributed by atoms with Crippen molar-refractivity contribution in [3.63, 3.8) is 0 Å². The number of alkyl halides is 2. The highest BCUT2D eigenvalue weighted by Gasteiger charge is 2.30. The zero-order chi connectivity index (χ0) is 4.57. The molecule has 1 aliphatic carbocycles. The number of hydrogen-bond donors (Lipinski definition) is 0. The monoisotopic (exact) mass is 92.0 g/mol. The molecule has 6 heavy (non-hydrogen) atoms. The lowest BCUT2D eigenvalue weighted by molar-refractivity contribution is 0.123. The summed E-state index contributed by atoms with van der Waals surface area (Å²) < 4.78 is 22.4. The minimum Gasteiger partial charge on any atom is -0.210 e. The molecule has 0 amide bonds. The summed E-state index contributed by atoms with van der Waals surface area (Å²) in [5.74, 6) is -0.231. The van der Waals surface area contributed by atoms with Crippen molar-refractivity contribution in [3.8, 4) is 0 Å². The van der Waals surface area contributed by atoms with Crippen molar-refractivity contribution in [1.82, 2.24) is 0 Å². The summed E-state index contributed by atoms with van der Waals surface area (Å²) in [5.41, 5.74) is 0. The Balaban J connectivity index is 2.13. The summed E-state index contributed by atoms with van der Waals surface area (Å²) in [6.07, 6.45) is -0.542. The standard InChI is InChI=1S/C4H6F2/c5-4(6)3-1-2-3/h3-4H,1-2H2. The highest BCUT2D eigenvalue weighted by atomic mass is 19.3. The maximum Gasteiger partial charge on any atom is 0.241 e. The van der Waals surface area contributed by atoms with Gasteiger partial charge >= 0.3 is 0 Å². The van der Waals surface area contributed by atoms with E-state index in [1.807, 2.05) is 0 Å². The van der Waals surface area contributed by atoms with Gasteiger partial charge in [-0.3, -0.25) is 0 Å². The molecule has 0 saturated heterocycles. The lowest BCUT2D eigenvalue weighted by Crippen LogP contribution is -1.89. The van der Waals surface area contributed by atoms with Crippen LogP contribution >= 0.6 is 0 Å². The van der Waals surface area contributed by atoms with E-state index in [0.717, 1.165) is 12.8 Å². The van der Waals surface area contributed by atoms with E-state index in [9.17, 15) is 8.78 Å². The van der Waals surface area contributed by atoms with Crippen LogP contribution in [0.15, 0.2) is 0 Å². The molecular formula is C4H6F2. The van der Waals surface area contributed by atoms with E-state index in [4.69, 9.17) is 0 Å². The third kappa shape index (κ3) is 0.671. The maximum absolute atomic E-state index is 11.2. The van der Waals surface area contributed by atoms with Gasteiger partial charge in [-0.05, 0) is 12.8 Å². The van der Waals surface area contributed by atoms with E-state index in [-0.39, 0.29) is 5.92 Å². The quantitative estimate of drug-likeness (QED) is 0.461. The SMILES string of the molecule is FC(F)C1CC1. The van der Waals surface area contributed by atoms with Gasteiger partial charge in [-0.25, -0.2) is 8.78 Å². The Hall–Kier alpha value is -0.140. The van der Waals surface area contributed by atoms with E-state index in [0.29, 0.717) is 0 Å². The fourth-order valence-corrected chi connectivity index (χ4v) is 0.348. The molecule has 1 saturated carbocycles. The van der Waals surface area contributed by atoms with Crippen molar-refractivity contribution < 1.29 is 8.78 Å². The average Bonchev–Trinajstić information content (AvgIpc) is 2.06. The van der Waals surface area contributed by atoms with Crippen LogP contribution in [-0.2, 0) is 0 Å². The van der Waals surface area contributed by atoms with Crippen molar-refractivity contribution >= 4 is 0 Å². The Morgan fingerprint density at radius 2 is 1.83 bits per heavy atom. The first kappa shape index (κ1) is 4.03. The Labute approximate surface area is 35.2 Å². The molecule has 1 aliphatic rings. The van der Waals surface area contributed by atoms with E-state index in [1.54, 1.807) is 0 Å². The van der Waals surface area contributed by atoms with Gasteiger partial charge in [0.25, 0.3) is 0 Å². The zero-order valence-corrected chi connectivity index (χ0v) is 3.32. The molecule has 0 aromatic rings. The zero-order valence-electron chi connectivity index (χ0n) is 3.32. The summed E-state index contributed by atoms with van der Waals surface area (Å²) >= 11 is 0. The molecule has 36 valence electrons. The molecule has 0 radical (unpaired) electrons. The molecule has 0 unspecified atom stereocenters. The second kappa shape index (κ2) is 1.17. The van der Waals surface area contributed by atoms with Gasteiger partial charge in [0.15, 0.2) is 0 Å². The van der Waals surface area contributed by atoms with Crippen LogP contribution in [0.2, 0.25) is 0 Å². The molecule has 0 aromatic heterocycles. The summed E-state index contributed by atoms with van der Waals surface area (Å²) in [6.45, 7) is 0. The van der Waals surface area contributed by atoms with Gasteiger partial charge in [-0.2, -0.15) is 0 Å². The van der Waals surface area contributed by atoms with Gasteiger partial charge in [0.05, 0.1) is 0 Å². The highest BCUT2D eigenvalue weighted by molar-refractivity contribution is 4.74. The maximum atomic E-state index is 11.2.